The predicted molar refractivity (Wildman–Crippen MR) is 56.4 cm³/mol. The SMILES string of the molecule is CNCCC(=O)Nc1cnccc1Cl. The summed E-state index contributed by atoms with van der Waals surface area (Å²) in [6, 6.07) is 1.63. The monoisotopic (exact) mass is 213 g/mol. The number of amides is 1. The molecule has 5 heteroatoms. The molecule has 0 unspecified atom stereocenters. The molecule has 1 rings (SSSR count). The molecular weight excluding hydrogens is 202 g/mol. The second-order valence-corrected chi connectivity index (χ2v) is 3.16. The van der Waals surface area contributed by atoms with Crippen LogP contribution in [0, 0.1) is 0 Å². The third-order valence-corrected chi connectivity index (χ3v) is 1.97. The van der Waals surface area contributed by atoms with E-state index in [2.05, 4.69) is 15.6 Å². The first kappa shape index (κ1) is 10.9. The number of nitrogens with zero attached hydrogens (tertiary/aromatic N) is 1. The number of carbonyl (C=O) groups is 1. The summed E-state index contributed by atoms with van der Waals surface area (Å²) in [6.45, 7) is 0.643. The minimum absolute atomic E-state index is 0.0748. The van der Waals surface area contributed by atoms with Gasteiger partial charge in [0.25, 0.3) is 0 Å². The van der Waals surface area contributed by atoms with Crippen molar-refractivity contribution in [1.82, 2.24) is 10.3 Å². The number of carbonyl (C=O) groups excluding carboxylic acids is 1. The van der Waals surface area contributed by atoms with E-state index in [1.165, 1.54) is 6.20 Å². The van der Waals surface area contributed by atoms with Crippen LogP contribution >= 0.6 is 11.6 Å². The molecule has 0 radical (unpaired) electrons. The second-order valence-electron chi connectivity index (χ2n) is 2.76. The fraction of sp³-hybridized carbons (Fsp3) is 0.333. The van der Waals surface area contributed by atoms with Gasteiger partial charge < -0.3 is 10.6 Å². The molecule has 0 aromatic carbocycles. The highest BCUT2D eigenvalue weighted by atomic mass is 35.5. The number of pyridine rings is 1. The Hall–Kier alpha value is -1.13. The number of halogens is 1. The van der Waals surface area contributed by atoms with Gasteiger partial charge in [-0.05, 0) is 13.1 Å². The molecule has 0 atom stereocenters. The molecule has 1 aromatic rings. The highest BCUT2D eigenvalue weighted by molar-refractivity contribution is 6.33. The Kier molecular flexibility index (Phi) is 4.35. The van der Waals surface area contributed by atoms with Crippen LogP contribution in [0.15, 0.2) is 18.5 Å². The summed E-state index contributed by atoms with van der Waals surface area (Å²) >= 11 is 5.83. The number of nitrogens with one attached hydrogen (secondary N) is 2. The first-order valence-electron chi connectivity index (χ1n) is 4.28. The highest BCUT2D eigenvalue weighted by Gasteiger charge is 2.04. The van der Waals surface area contributed by atoms with Gasteiger partial charge in [0, 0.05) is 19.2 Å². The Bertz CT molecular complexity index is 317. The standard InChI is InChI=1S/C9H12ClN3O/c1-11-4-3-9(14)13-8-6-12-5-2-7(8)10/h2,5-6,11H,3-4H2,1H3,(H,13,14). The van der Waals surface area contributed by atoms with Crippen LogP contribution in [0.25, 0.3) is 0 Å². The summed E-state index contributed by atoms with van der Waals surface area (Å²) < 4.78 is 0. The summed E-state index contributed by atoms with van der Waals surface area (Å²) in [5.41, 5.74) is 0.551. The maximum atomic E-state index is 11.3. The summed E-state index contributed by atoms with van der Waals surface area (Å²) in [4.78, 5) is 15.2. The Morgan fingerprint density at radius 2 is 2.43 bits per heavy atom. The Morgan fingerprint density at radius 1 is 1.64 bits per heavy atom. The summed E-state index contributed by atoms with van der Waals surface area (Å²) in [6.07, 6.45) is 3.52. The van der Waals surface area contributed by atoms with E-state index >= 15 is 0 Å². The van der Waals surface area contributed by atoms with Crippen LogP contribution in [0.5, 0.6) is 0 Å². The van der Waals surface area contributed by atoms with Gasteiger partial charge in [-0.25, -0.2) is 0 Å². The molecule has 0 aliphatic carbocycles. The number of rotatable bonds is 4. The molecule has 0 aliphatic rings. The van der Waals surface area contributed by atoms with Crippen molar-refractivity contribution < 1.29 is 4.79 Å². The van der Waals surface area contributed by atoms with Gasteiger partial charge >= 0.3 is 0 Å². The smallest absolute Gasteiger partial charge is 0.225 e. The molecule has 2 N–H and O–H groups in total. The molecule has 14 heavy (non-hydrogen) atoms. The van der Waals surface area contributed by atoms with E-state index in [1.54, 1.807) is 19.3 Å². The Balaban J connectivity index is 2.52. The van der Waals surface area contributed by atoms with Gasteiger partial charge in [0.2, 0.25) is 5.91 Å². The summed E-state index contributed by atoms with van der Waals surface area (Å²) in [5.74, 6) is -0.0748. The van der Waals surface area contributed by atoms with Crippen LogP contribution in [-0.4, -0.2) is 24.5 Å². The molecule has 0 saturated carbocycles. The van der Waals surface area contributed by atoms with Gasteiger partial charge in [-0.3, -0.25) is 9.78 Å². The van der Waals surface area contributed by atoms with Gasteiger partial charge in [0.05, 0.1) is 16.9 Å². The van der Waals surface area contributed by atoms with E-state index in [9.17, 15) is 4.79 Å². The van der Waals surface area contributed by atoms with E-state index in [0.717, 1.165) is 0 Å². The zero-order valence-corrected chi connectivity index (χ0v) is 8.64. The minimum atomic E-state index is -0.0748. The van der Waals surface area contributed by atoms with Crippen molar-refractivity contribution in [2.24, 2.45) is 0 Å². The molecule has 4 nitrogen and oxygen atoms in total. The van der Waals surface area contributed by atoms with Gasteiger partial charge in [-0.15, -0.1) is 0 Å². The number of hydrogen-bond donors (Lipinski definition) is 2. The summed E-state index contributed by atoms with van der Waals surface area (Å²) in [5, 5.41) is 6.06. The lowest BCUT2D eigenvalue weighted by molar-refractivity contribution is -0.116. The third kappa shape index (κ3) is 3.32. The van der Waals surface area contributed by atoms with Crippen molar-refractivity contribution in [3.05, 3.63) is 23.5 Å². The maximum absolute atomic E-state index is 11.3. The maximum Gasteiger partial charge on any atom is 0.225 e. The molecule has 0 aliphatic heterocycles. The fourth-order valence-corrected chi connectivity index (χ4v) is 1.07. The third-order valence-electron chi connectivity index (χ3n) is 1.64. The molecular formula is C9H12ClN3O. The zero-order valence-electron chi connectivity index (χ0n) is 7.88. The average Bonchev–Trinajstić information content (AvgIpc) is 2.18. The van der Waals surface area contributed by atoms with Crippen molar-refractivity contribution in [3.63, 3.8) is 0 Å². The molecule has 1 aromatic heterocycles. The van der Waals surface area contributed by atoms with Crippen molar-refractivity contribution in [1.29, 1.82) is 0 Å². The van der Waals surface area contributed by atoms with Crippen LogP contribution in [0.4, 0.5) is 5.69 Å². The van der Waals surface area contributed by atoms with Crippen LogP contribution in [0.1, 0.15) is 6.42 Å². The van der Waals surface area contributed by atoms with Crippen molar-refractivity contribution in [3.8, 4) is 0 Å². The van der Waals surface area contributed by atoms with Crippen LogP contribution in [0.2, 0.25) is 5.02 Å². The average molecular weight is 214 g/mol. The highest BCUT2D eigenvalue weighted by Crippen LogP contribution is 2.18. The normalized spacial score (nSPS) is 9.86. The van der Waals surface area contributed by atoms with Crippen LogP contribution in [-0.2, 0) is 4.79 Å². The predicted octanol–water partition coefficient (Wildman–Crippen LogP) is 1.28. The van der Waals surface area contributed by atoms with Crippen molar-refractivity contribution >= 4 is 23.2 Å². The van der Waals surface area contributed by atoms with E-state index in [-0.39, 0.29) is 5.91 Å². The molecule has 0 bridgehead atoms. The second kappa shape index (κ2) is 5.57. The molecule has 0 spiro atoms. The van der Waals surface area contributed by atoms with E-state index in [4.69, 9.17) is 11.6 Å². The van der Waals surface area contributed by atoms with Gasteiger partial charge in [-0.1, -0.05) is 11.6 Å². The number of hydrogen-bond acceptors (Lipinski definition) is 3. The van der Waals surface area contributed by atoms with Crippen molar-refractivity contribution in [2.45, 2.75) is 6.42 Å². The summed E-state index contributed by atoms with van der Waals surface area (Å²) in [7, 11) is 1.80. The topological polar surface area (TPSA) is 54.0 Å². The van der Waals surface area contributed by atoms with Gasteiger partial charge in [0.15, 0.2) is 0 Å². The van der Waals surface area contributed by atoms with E-state index in [1.807, 2.05) is 0 Å². The largest absolute Gasteiger partial charge is 0.323 e. The Morgan fingerprint density at radius 3 is 3.07 bits per heavy atom. The fourth-order valence-electron chi connectivity index (χ4n) is 0.921. The minimum Gasteiger partial charge on any atom is -0.323 e. The Labute approximate surface area is 87.7 Å². The van der Waals surface area contributed by atoms with Gasteiger partial charge in [-0.2, -0.15) is 0 Å². The molecule has 1 amide bonds. The van der Waals surface area contributed by atoms with Crippen LogP contribution < -0.4 is 10.6 Å². The lowest BCUT2D eigenvalue weighted by atomic mass is 10.3. The molecule has 76 valence electrons. The number of anilines is 1. The lowest BCUT2D eigenvalue weighted by Crippen LogP contribution is -2.18. The number of aromatic nitrogens is 1. The van der Waals surface area contributed by atoms with E-state index in [0.29, 0.717) is 23.7 Å². The van der Waals surface area contributed by atoms with Gasteiger partial charge in [0.1, 0.15) is 0 Å². The molecule has 0 saturated heterocycles. The zero-order chi connectivity index (χ0) is 10.4. The first-order chi connectivity index (χ1) is 6.74. The molecule has 0 fully saturated rings. The van der Waals surface area contributed by atoms with E-state index < -0.39 is 0 Å². The molecule has 1 heterocycles. The first-order valence-corrected chi connectivity index (χ1v) is 4.66. The van der Waals surface area contributed by atoms with Crippen LogP contribution in [0.3, 0.4) is 0 Å². The quantitative estimate of drug-likeness (QED) is 0.793. The lowest BCUT2D eigenvalue weighted by Gasteiger charge is -2.05. The van der Waals surface area contributed by atoms with Crippen molar-refractivity contribution in [2.75, 3.05) is 18.9 Å².